The van der Waals surface area contributed by atoms with Crippen LogP contribution in [0, 0.1) is 11.7 Å². The van der Waals surface area contributed by atoms with Gasteiger partial charge in [0.2, 0.25) is 0 Å². The van der Waals surface area contributed by atoms with E-state index < -0.39 is 0 Å². The fourth-order valence-electron chi connectivity index (χ4n) is 1.45. The van der Waals surface area contributed by atoms with E-state index in [9.17, 15) is 4.39 Å². The molecule has 0 unspecified atom stereocenters. The smallest absolute Gasteiger partial charge is 0.146 e. The van der Waals surface area contributed by atoms with Gasteiger partial charge in [0.05, 0.1) is 5.69 Å². The third kappa shape index (κ3) is 2.61. The molecule has 1 aliphatic carbocycles. The molecule has 0 amide bonds. The standard InChI is InChI=1S/C11H13ClFN/c12-9-3-4-10(13)11(7-9)14-6-5-8-1-2-8/h3-4,7-8,14H,1-2,5-6H2. The van der Waals surface area contributed by atoms with Crippen LogP contribution in [0.5, 0.6) is 0 Å². The van der Waals surface area contributed by atoms with Gasteiger partial charge in [-0.3, -0.25) is 0 Å². The molecule has 1 aromatic carbocycles. The average molecular weight is 214 g/mol. The van der Waals surface area contributed by atoms with Gasteiger partial charge < -0.3 is 5.32 Å². The second-order valence-electron chi connectivity index (χ2n) is 3.78. The molecule has 14 heavy (non-hydrogen) atoms. The van der Waals surface area contributed by atoms with E-state index in [1.54, 1.807) is 12.1 Å². The first-order valence-corrected chi connectivity index (χ1v) is 5.32. The van der Waals surface area contributed by atoms with Crippen molar-refractivity contribution in [1.82, 2.24) is 0 Å². The Morgan fingerprint density at radius 2 is 2.21 bits per heavy atom. The number of halogens is 2. The first kappa shape index (κ1) is 9.78. The summed E-state index contributed by atoms with van der Waals surface area (Å²) in [6.45, 7) is 0.835. The zero-order chi connectivity index (χ0) is 9.97. The molecule has 1 saturated carbocycles. The van der Waals surface area contributed by atoms with Gasteiger partial charge in [0.15, 0.2) is 0 Å². The van der Waals surface area contributed by atoms with E-state index in [0.717, 1.165) is 18.9 Å². The predicted molar refractivity (Wildman–Crippen MR) is 57.2 cm³/mol. The second kappa shape index (κ2) is 4.18. The molecule has 0 spiro atoms. The van der Waals surface area contributed by atoms with E-state index in [2.05, 4.69) is 5.32 Å². The SMILES string of the molecule is Fc1ccc(Cl)cc1NCCC1CC1. The summed E-state index contributed by atoms with van der Waals surface area (Å²) in [4.78, 5) is 0. The lowest BCUT2D eigenvalue weighted by atomic mass is 10.2. The van der Waals surface area contributed by atoms with Crippen molar-refractivity contribution in [1.29, 1.82) is 0 Å². The zero-order valence-corrected chi connectivity index (χ0v) is 8.65. The zero-order valence-electron chi connectivity index (χ0n) is 7.89. The fraction of sp³-hybridized carbons (Fsp3) is 0.455. The van der Waals surface area contributed by atoms with E-state index in [-0.39, 0.29) is 5.82 Å². The number of hydrogen-bond donors (Lipinski definition) is 1. The minimum Gasteiger partial charge on any atom is -0.383 e. The molecule has 0 atom stereocenters. The van der Waals surface area contributed by atoms with Crippen LogP contribution in [0.4, 0.5) is 10.1 Å². The Bertz CT molecular complexity index is 323. The monoisotopic (exact) mass is 213 g/mol. The van der Waals surface area contributed by atoms with E-state index in [0.29, 0.717) is 10.7 Å². The van der Waals surface area contributed by atoms with Gasteiger partial charge in [0, 0.05) is 11.6 Å². The Balaban J connectivity index is 1.89. The van der Waals surface area contributed by atoms with Gasteiger partial charge in [-0.1, -0.05) is 24.4 Å². The van der Waals surface area contributed by atoms with Crippen LogP contribution in [0.1, 0.15) is 19.3 Å². The molecule has 0 aromatic heterocycles. The topological polar surface area (TPSA) is 12.0 Å². The summed E-state index contributed by atoms with van der Waals surface area (Å²) in [6.07, 6.45) is 3.80. The minimum atomic E-state index is -0.231. The van der Waals surface area contributed by atoms with Crippen LogP contribution < -0.4 is 5.32 Å². The lowest BCUT2D eigenvalue weighted by Gasteiger charge is -2.06. The molecule has 2 rings (SSSR count). The average Bonchev–Trinajstić information content (AvgIpc) is 2.95. The molecule has 0 aliphatic heterocycles. The minimum absolute atomic E-state index is 0.231. The summed E-state index contributed by atoms with van der Waals surface area (Å²) in [5.74, 6) is 0.634. The molecule has 1 N–H and O–H groups in total. The molecule has 76 valence electrons. The number of anilines is 1. The number of hydrogen-bond acceptors (Lipinski definition) is 1. The maximum absolute atomic E-state index is 13.2. The Morgan fingerprint density at radius 1 is 1.43 bits per heavy atom. The van der Waals surface area contributed by atoms with Crippen LogP contribution in [0.3, 0.4) is 0 Å². The summed E-state index contributed by atoms with van der Waals surface area (Å²) < 4.78 is 13.2. The number of rotatable bonds is 4. The summed E-state index contributed by atoms with van der Waals surface area (Å²) in [5, 5.41) is 3.64. The van der Waals surface area contributed by atoms with Gasteiger partial charge in [-0.15, -0.1) is 0 Å². The molecular weight excluding hydrogens is 201 g/mol. The van der Waals surface area contributed by atoms with Crippen LogP contribution in [-0.2, 0) is 0 Å². The van der Waals surface area contributed by atoms with E-state index in [4.69, 9.17) is 11.6 Å². The molecule has 0 radical (unpaired) electrons. The molecule has 0 saturated heterocycles. The maximum Gasteiger partial charge on any atom is 0.146 e. The lowest BCUT2D eigenvalue weighted by Crippen LogP contribution is -2.03. The van der Waals surface area contributed by atoms with Crippen molar-refractivity contribution >= 4 is 17.3 Å². The van der Waals surface area contributed by atoms with Crippen LogP contribution >= 0.6 is 11.6 Å². The molecule has 0 heterocycles. The second-order valence-corrected chi connectivity index (χ2v) is 4.22. The molecule has 3 heteroatoms. The normalized spacial score (nSPS) is 15.6. The first-order valence-electron chi connectivity index (χ1n) is 4.94. The summed E-state index contributed by atoms with van der Waals surface area (Å²) in [6, 6.07) is 4.58. The van der Waals surface area contributed by atoms with Crippen molar-refractivity contribution in [2.45, 2.75) is 19.3 Å². The lowest BCUT2D eigenvalue weighted by molar-refractivity contribution is 0.628. The van der Waals surface area contributed by atoms with Crippen LogP contribution in [0.2, 0.25) is 5.02 Å². The summed E-state index contributed by atoms with van der Waals surface area (Å²) in [5.41, 5.74) is 0.512. The van der Waals surface area contributed by atoms with Crippen LogP contribution in [0.25, 0.3) is 0 Å². The molecule has 1 fully saturated rings. The van der Waals surface area contributed by atoms with Gasteiger partial charge in [-0.25, -0.2) is 4.39 Å². The third-order valence-corrected chi connectivity index (χ3v) is 2.73. The number of nitrogens with one attached hydrogen (secondary N) is 1. The van der Waals surface area contributed by atoms with Gasteiger partial charge in [-0.2, -0.15) is 0 Å². The Labute approximate surface area is 88.3 Å². The third-order valence-electron chi connectivity index (χ3n) is 2.49. The van der Waals surface area contributed by atoms with Crippen LogP contribution in [0.15, 0.2) is 18.2 Å². The van der Waals surface area contributed by atoms with Crippen LogP contribution in [-0.4, -0.2) is 6.54 Å². The highest BCUT2D eigenvalue weighted by molar-refractivity contribution is 6.30. The largest absolute Gasteiger partial charge is 0.383 e. The molecule has 1 nitrogen and oxygen atoms in total. The van der Waals surface area contributed by atoms with Crippen molar-refractivity contribution in [3.05, 3.63) is 29.0 Å². The van der Waals surface area contributed by atoms with Crippen molar-refractivity contribution in [3.63, 3.8) is 0 Å². The summed E-state index contributed by atoms with van der Waals surface area (Å²) in [7, 11) is 0. The molecule has 1 aromatic rings. The summed E-state index contributed by atoms with van der Waals surface area (Å²) >= 11 is 5.76. The number of benzene rings is 1. The molecular formula is C11H13ClFN. The maximum atomic E-state index is 13.2. The highest BCUT2D eigenvalue weighted by Crippen LogP contribution is 2.32. The van der Waals surface area contributed by atoms with Crippen molar-refractivity contribution < 1.29 is 4.39 Å². The van der Waals surface area contributed by atoms with Crippen molar-refractivity contribution in [2.24, 2.45) is 5.92 Å². The molecule has 0 bridgehead atoms. The van der Waals surface area contributed by atoms with Crippen molar-refractivity contribution in [3.8, 4) is 0 Å². The predicted octanol–water partition coefficient (Wildman–Crippen LogP) is 3.69. The highest BCUT2D eigenvalue weighted by Gasteiger charge is 2.20. The molecule has 1 aliphatic rings. The van der Waals surface area contributed by atoms with Gasteiger partial charge >= 0.3 is 0 Å². The quantitative estimate of drug-likeness (QED) is 0.805. The van der Waals surface area contributed by atoms with Crippen molar-refractivity contribution in [2.75, 3.05) is 11.9 Å². The Morgan fingerprint density at radius 3 is 2.93 bits per heavy atom. The first-order chi connectivity index (χ1) is 6.75. The fourth-order valence-corrected chi connectivity index (χ4v) is 1.62. The van der Waals surface area contributed by atoms with Gasteiger partial charge in [-0.05, 0) is 30.5 Å². The van der Waals surface area contributed by atoms with E-state index in [1.807, 2.05) is 0 Å². The highest BCUT2D eigenvalue weighted by atomic mass is 35.5. The van der Waals surface area contributed by atoms with Gasteiger partial charge in [0.25, 0.3) is 0 Å². The van der Waals surface area contributed by atoms with E-state index in [1.165, 1.54) is 18.9 Å². The van der Waals surface area contributed by atoms with Gasteiger partial charge in [0.1, 0.15) is 5.82 Å². The Kier molecular flexibility index (Phi) is 2.92. The Hall–Kier alpha value is -0.760. The van der Waals surface area contributed by atoms with E-state index >= 15 is 0 Å².